The maximum absolute atomic E-state index is 11.5. The molecule has 20 heavy (non-hydrogen) atoms. The van der Waals surface area contributed by atoms with Crippen molar-refractivity contribution in [1.29, 1.82) is 0 Å². The maximum Gasteiger partial charge on any atom is 0.338 e. The van der Waals surface area contributed by atoms with Crippen molar-refractivity contribution < 1.29 is 27.7 Å². The van der Waals surface area contributed by atoms with Gasteiger partial charge in [0.15, 0.2) is 15.6 Å². The molecular formula is C11H11NO7S. The molecule has 0 fully saturated rings. The van der Waals surface area contributed by atoms with Crippen LogP contribution in [0.25, 0.3) is 0 Å². The summed E-state index contributed by atoms with van der Waals surface area (Å²) in [7, 11) is -3.79. The minimum atomic E-state index is -3.79. The predicted molar refractivity (Wildman–Crippen MR) is 67.2 cm³/mol. The van der Waals surface area contributed by atoms with Gasteiger partial charge < -0.3 is 4.74 Å². The lowest BCUT2D eigenvalue weighted by molar-refractivity contribution is -0.387. The molecule has 0 spiro atoms. The second-order valence-electron chi connectivity index (χ2n) is 3.99. The number of carbonyl (C=O) groups is 2. The second-order valence-corrected chi connectivity index (χ2v) is 5.97. The van der Waals surface area contributed by atoms with Crippen molar-refractivity contribution in [3.8, 4) is 0 Å². The molecule has 0 N–H and O–H groups in total. The van der Waals surface area contributed by atoms with E-state index >= 15 is 0 Å². The first-order valence-corrected chi connectivity index (χ1v) is 7.17. The molecule has 0 aliphatic heterocycles. The minimum Gasteiger partial charge on any atom is -0.454 e. The van der Waals surface area contributed by atoms with Gasteiger partial charge in [0.1, 0.15) is 11.5 Å². The van der Waals surface area contributed by atoms with Gasteiger partial charge in [0.2, 0.25) is 0 Å². The Morgan fingerprint density at radius 3 is 2.40 bits per heavy atom. The minimum absolute atomic E-state index is 0.203. The van der Waals surface area contributed by atoms with Gasteiger partial charge in [-0.05, 0) is 19.1 Å². The van der Waals surface area contributed by atoms with E-state index in [1.54, 1.807) is 0 Å². The molecule has 108 valence electrons. The van der Waals surface area contributed by atoms with Crippen LogP contribution in [0.3, 0.4) is 0 Å². The summed E-state index contributed by atoms with van der Waals surface area (Å²) in [4.78, 5) is 31.7. The summed E-state index contributed by atoms with van der Waals surface area (Å²) in [6.45, 7) is 0.753. The number of ketones is 1. The van der Waals surface area contributed by atoms with Crippen molar-refractivity contribution in [3.63, 3.8) is 0 Å². The maximum atomic E-state index is 11.5. The van der Waals surface area contributed by atoms with Gasteiger partial charge in [0, 0.05) is 12.3 Å². The Kier molecular flexibility index (Phi) is 4.56. The normalized spacial score (nSPS) is 10.9. The molecule has 0 saturated heterocycles. The van der Waals surface area contributed by atoms with Crippen LogP contribution in [0.4, 0.5) is 5.69 Å². The Hall–Kier alpha value is -2.29. The van der Waals surface area contributed by atoms with Gasteiger partial charge in [0.05, 0.1) is 10.5 Å². The van der Waals surface area contributed by atoms with Crippen molar-refractivity contribution in [2.24, 2.45) is 0 Å². The molecule has 0 saturated carbocycles. The molecule has 8 nitrogen and oxygen atoms in total. The van der Waals surface area contributed by atoms with Crippen LogP contribution in [-0.2, 0) is 19.4 Å². The molecule has 1 aromatic carbocycles. The SMILES string of the molecule is CC(=O)COC(=O)c1ccc(S(C)(=O)=O)c([N+](=O)[O-])c1. The van der Waals surface area contributed by atoms with Crippen molar-refractivity contribution in [3.05, 3.63) is 33.9 Å². The zero-order chi connectivity index (χ0) is 15.5. The van der Waals surface area contributed by atoms with Gasteiger partial charge >= 0.3 is 5.97 Å². The molecule has 0 aromatic heterocycles. The van der Waals surface area contributed by atoms with E-state index in [4.69, 9.17) is 0 Å². The van der Waals surface area contributed by atoms with E-state index in [1.807, 2.05) is 0 Å². The molecule has 0 aliphatic rings. The first-order valence-electron chi connectivity index (χ1n) is 5.28. The number of rotatable bonds is 5. The average Bonchev–Trinajstić information content (AvgIpc) is 2.33. The third kappa shape index (κ3) is 3.85. The van der Waals surface area contributed by atoms with E-state index in [1.165, 1.54) is 6.92 Å². The van der Waals surface area contributed by atoms with E-state index in [9.17, 15) is 28.1 Å². The predicted octanol–water partition coefficient (Wildman–Crippen LogP) is 0.744. The Balaban J connectivity index is 3.21. The summed E-state index contributed by atoms with van der Waals surface area (Å²) in [6.07, 6.45) is 0.822. The Labute approximate surface area is 114 Å². The third-order valence-electron chi connectivity index (χ3n) is 2.20. The number of sulfone groups is 1. The summed E-state index contributed by atoms with van der Waals surface area (Å²) in [5.41, 5.74) is -0.921. The van der Waals surface area contributed by atoms with Crippen LogP contribution in [-0.4, -0.2) is 38.0 Å². The van der Waals surface area contributed by atoms with E-state index < -0.39 is 37.9 Å². The average molecular weight is 301 g/mol. The lowest BCUT2D eigenvalue weighted by Crippen LogP contribution is -2.12. The molecule has 0 radical (unpaired) electrons. The monoisotopic (exact) mass is 301 g/mol. The Morgan fingerprint density at radius 2 is 1.95 bits per heavy atom. The van der Waals surface area contributed by atoms with Crippen molar-refractivity contribution in [2.75, 3.05) is 12.9 Å². The number of nitro groups is 1. The smallest absolute Gasteiger partial charge is 0.338 e. The van der Waals surface area contributed by atoms with Crippen molar-refractivity contribution >= 4 is 27.3 Å². The van der Waals surface area contributed by atoms with Crippen LogP contribution in [0, 0.1) is 10.1 Å². The fraction of sp³-hybridized carbons (Fsp3) is 0.273. The number of hydrogen-bond donors (Lipinski definition) is 0. The number of benzene rings is 1. The van der Waals surface area contributed by atoms with Gasteiger partial charge in [-0.1, -0.05) is 0 Å². The van der Waals surface area contributed by atoms with E-state index in [-0.39, 0.29) is 11.3 Å². The highest BCUT2D eigenvalue weighted by molar-refractivity contribution is 7.90. The number of nitro benzene ring substituents is 1. The van der Waals surface area contributed by atoms with Gasteiger partial charge in [-0.3, -0.25) is 14.9 Å². The van der Waals surface area contributed by atoms with Crippen LogP contribution in [0.1, 0.15) is 17.3 Å². The third-order valence-corrected chi connectivity index (χ3v) is 3.34. The molecule has 1 rings (SSSR count). The molecule has 0 amide bonds. The van der Waals surface area contributed by atoms with Crippen LogP contribution in [0.2, 0.25) is 0 Å². The summed E-state index contributed by atoms with van der Waals surface area (Å²) in [5, 5.41) is 10.8. The molecule has 0 aliphatic carbocycles. The first-order chi connectivity index (χ1) is 9.12. The van der Waals surface area contributed by atoms with E-state index in [0.717, 1.165) is 24.5 Å². The molecule has 0 heterocycles. The number of hydrogen-bond acceptors (Lipinski definition) is 7. The quantitative estimate of drug-likeness (QED) is 0.446. The highest BCUT2D eigenvalue weighted by Crippen LogP contribution is 2.25. The standard InChI is InChI=1S/C11H11NO7S/c1-7(13)6-19-11(14)8-3-4-10(20(2,17)18)9(5-8)12(15)16/h3-5H,6H2,1-2H3. The Bertz CT molecular complexity index is 678. The topological polar surface area (TPSA) is 121 Å². The van der Waals surface area contributed by atoms with Crippen molar-refractivity contribution in [2.45, 2.75) is 11.8 Å². The largest absolute Gasteiger partial charge is 0.454 e. The highest BCUT2D eigenvalue weighted by Gasteiger charge is 2.24. The lowest BCUT2D eigenvalue weighted by Gasteiger charge is -2.05. The fourth-order valence-electron chi connectivity index (χ4n) is 1.35. The highest BCUT2D eigenvalue weighted by atomic mass is 32.2. The van der Waals surface area contributed by atoms with E-state index in [2.05, 4.69) is 4.74 Å². The molecule has 1 aromatic rings. The zero-order valence-corrected chi connectivity index (χ0v) is 11.5. The molecule has 9 heteroatoms. The summed E-state index contributed by atoms with van der Waals surface area (Å²) >= 11 is 0. The van der Waals surface area contributed by atoms with Crippen LogP contribution in [0.5, 0.6) is 0 Å². The Morgan fingerprint density at radius 1 is 1.35 bits per heavy atom. The van der Waals surface area contributed by atoms with Gasteiger partial charge in [-0.25, -0.2) is 13.2 Å². The van der Waals surface area contributed by atoms with Gasteiger partial charge in [-0.2, -0.15) is 0 Å². The van der Waals surface area contributed by atoms with Gasteiger partial charge in [-0.15, -0.1) is 0 Å². The number of nitrogens with zero attached hydrogens (tertiary/aromatic N) is 1. The van der Waals surface area contributed by atoms with Crippen LogP contribution < -0.4 is 0 Å². The lowest BCUT2D eigenvalue weighted by atomic mass is 10.2. The summed E-state index contributed by atoms with van der Waals surface area (Å²) in [6, 6.07) is 2.85. The molecule has 0 atom stereocenters. The summed E-state index contributed by atoms with van der Waals surface area (Å²) in [5.74, 6) is -1.33. The van der Waals surface area contributed by atoms with E-state index in [0.29, 0.717) is 0 Å². The van der Waals surface area contributed by atoms with Crippen LogP contribution in [0.15, 0.2) is 23.1 Å². The zero-order valence-electron chi connectivity index (χ0n) is 10.7. The molecule has 0 bridgehead atoms. The van der Waals surface area contributed by atoms with Crippen molar-refractivity contribution in [1.82, 2.24) is 0 Å². The number of Topliss-reactive ketones (excluding diaryl/α,β-unsaturated/α-hetero) is 1. The fourth-order valence-corrected chi connectivity index (χ4v) is 2.18. The molecular weight excluding hydrogens is 290 g/mol. The summed E-state index contributed by atoms with van der Waals surface area (Å²) < 4.78 is 27.4. The van der Waals surface area contributed by atoms with Gasteiger partial charge in [0.25, 0.3) is 5.69 Å². The number of ether oxygens (including phenoxy) is 1. The first kappa shape index (κ1) is 15.8. The number of esters is 1. The molecule has 0 unspecified atom stereocenters. The number of carbonyl (C=O) groups excluding carboxylic acids is 2. The second kappa shape index (κ2) is 5.78. The van der Waals surface area contributed by atoms with Crippen LogP contribution >= 0.6 is 0 Å².